The molecule has 2 aromatic carbocycles. The Hall–Kier alpha value is -1.02. The van der Waals surface area contributed by atoms with Crippen LogP contribution < -0.4 is 0 Å². The molecule has 0 spiro atoms. The van der Waals surface area contributed by atoms with E-state index in [0.29, 0.717) is 0 Å². The van der Waals surface area contributed by atoms with Gasteiger partial charge < -0.3 is 0 Å². The first-order valence-corrected chi connectivity index (χ1v) is 8.67. The van der Waals surface area contributed by atoms with Crippen LogP contribution in [0.4, 0.5) is 0 Å². The number of nitrogens with zero attached hydrogens (tertiary/aromatic N) is 1. The summed E-state index contributed by atoms with van der Waals surface area (Å²) in [6, 6.07) is 16.6. The van der Waals surface area contributed by atoms with Gasteiger partial charge in [-0.1, -0.05) is 59.6 Å². The fourth-order valence-electron chi connectivity index (χ4n) is 3.20. The van der Waals surface area contributed by atoms with E-state index in [1.54, 1.807) is 0 Å². The van der Waals surface area contributed by atoms with Gasteiger partial charge >= 0.3 is 0 Å². The van der Waals surface area contributed by atoms with E-state index >= 15 is 0 Å². The van der Waals surface area contributed by atoms with Crippen molar-refractivity contribution in [2.45, 2.75) is 25.8 Å². The molecule has 2 aromatic rings. The van der Waals surface area contributed by atoms with Crippen molar-refractivity contribution in [2.75, 3.05) is 13.1 Å². The summed E-state index contributed by atoms with van der Waals surface area (Å²) >= 11 is 12.5. The van der Waals surface area contributed by atoms with Crippen LogP contribution in [-0.4, -0.2) is 18.0 Å². The quantitative estimate of drug-likeness (QED) is 0.719. The van der Waals surface area contributed by atoms with Crippen LogP contribution in [0.3, 0.4) is 0 Å². The molecular weight excluding hydrogens is 313 g/mol. The maximum Gasteiger partial charge on any atom is 0.0465 e. The van der Waals surface area contributed by atoms with Gasteiger partial charge in [0.05, 0.1) is 0 Å². The third kappa shape index (κ3) is 4.04. The third-order valence-corrected chi connectivity index (χ3v) is 5.23. The van der Waals surface area contributed by atoms with Crippen molar-refractivity contribution in [2.24, 2.45) is 5.92 Å². The number of halogens is 2. The predicted molar refractivity (Wildman–Crippen MR) is 94.6 cm³/mol. The van der Waals surface area contributed by atoms with E-state index in [1.165, 1.54) is 24.8 Å². The van der Waals surface area contributed by atoms with Crippen LogP contribution in [0.25, 0.3) is 0 Å². The maximum absolute atomic E-state index is 6.27. The largest absolute Gasteiger partial charge is 0.299 e. The Morgan fingerprint density at radius 2 is 1.50 bits per heavy atom. The molecule has 0 aromatic heterocycles. The van der Waals surface area contributed by atoms with E-state index in [0.717, 1.165) is 41.2 Å². The first kappa shape index (κ1) is 15.9. The van der Waals surface area contributed by atoms with Gasteiger partial charge in [-0.05, 0) is 56.0 Å². The van der Waals surface area contributed by atoms with Gasteiger partial charge in [0.1, 0.15) is 0 Å². The Morgan fingerprint density at radius 1 is 0.864 bits per heavy atom. The van der Waals surface area contributed by atoms with Crippen LogP contribution in [0.15, 0.2) is 48.5 Å². The van der Waals surface area contributed by atoms with Crippen LogP contribution in [0, 0.1) is 5.92 Å². The maximum atomic E-state index is 6.27. The molecule has 1 fully saturated rings. The fraction of sp³-hybridized carbons (Fsp3) is 0.368. The van der Waals surface area contributed by atoms with E-state index in [4.69, 9.17) is 23.2 Å². The summed E-state index contributed by atoms with van der Waals surface area (Å²) in [6.07, 6.45) is 3.69. The summed E-state index contributed by atoms with van der Waals surface area (Å²) in [4.78, 5) is 2.47. The summed E-state index contributed by atoms with van der Waals surface area (Å²) < 4.78 is 0. The average molecular weight is 334 g/mol. The van der Waals surface area contributed by atoms with Gasteiger partial charge in [0.25, 0.3) is 0 Å². The first-order chi connectivity index (χ1) is 10.7. The summed E-state index contributed by atoms with van der Waals surface area (Å²) in [7, 11) is 0. The summed E-state index contributed by atoms with van der Waals surface area (Å²) in [5.41, 5.74) is 2.52. The fourth-order valence-corrected chi connectivity index (χ4v) is 3.72. The van der Waals surface area contributed by atoms with Crippen LogP contribution in [-0.2, 0) is 13.0 Å². The monoisotopic (exact) mass is 333 g/mol. The van der Waals surface area contributed by atoms with Crippen LogP contribution >= 0.6 is 23.2 Å². The van der Waals surface area contributed by atoms with Crippen molar-refractivity contribution in [1.82, 2.24) is 4.90 Å². The Bertz CT molecular complexity index is 584. The second kappa shape index (κ2) is 7.50. The number of likely N-dealkylation sites (tertiary alicyclic amines) is 1. The number of piperidine rings is 1. The van der Waals surface area contributed by atoms with Crippen LogP contribution in [0.5, 0.6) is 0 Å². The van der Waals surface area contributed by atoms with E-state index in [1.807, 2.05) is 18.2 Å². The van der Waals surface area contributed by atoms with E-state index in [9.17, 15) is 0 Å². The number of benzene rings is 2. The molecule has 0 radical (unpaired) electrons. The summed E-state index contributed by atoms with van der Waals surface area (Å²) in [5.74, 6) is 0.792. The topological polar surface area (TPSA) is 3.24 Å². The Labute approximate surface area is 142 Å². The van der Waals surface area contributed by atoms with Crippen molar-refractivity contribution < 1.29 is 0 Å². The molecule has 116 valence electrons. The van der Waals surface area contributed by atoms with Gasteiger partial charge in [0.15, 0.2) is 0 Å². The molecule has 1 aliphatic heterocycles. The normalized spacial score (nSPS) is 16.8. The van der Waals surface area contributed by atoms with Crippen molar-refractivity contribution in [3.63, 3.8) is 0 Å². The van der Waals surface area contributed by atoms with Gasteiger partial charge in [0.2, 0.25) is 0 Å². The lowest BCUT2D eigenvalue weighted by Crippen LogP contribution is -2.34. The van der Waals surface area contributed by atoms with Gasteiger partial charge in [-0.2, -0.15) is 0 Å². The lowest BCUT2D eigenvalue weighted by molar-refractivity contribution is 0.177. The number of rotatable bonds is 4. The van der Waals surface area contributed by atoms with Gasteiger partial charge in [-0.3, -0.25) is 4.90 Å². The number of hydrogen-bond acceptors (Lipinski definition) is 1. The lowest BCUT2D eigenvalue weighted by Gasteiger charge is -2.32. The van der Waals surface area contributed by atoms with Crippen molar-refractivity contribution in [3.05, 3.63) is 69.7 Å². The average Bonchev–Trinajstić information content (AvgIpc) is 2.54. The van der Waals surface area contributed by atoms with Gasteiger partial charge in [-0.25, -0.2) is 0 Å². The lowest BCUT2D eigenvalue weighted by atomic mass is 9.90. The van der Waals surface area contributed by atoms with E-state index in [2.05, 4.69) is 35.2 Å². The van der Waals surface area contributed by atoms with Gasteiger partial charge in [0, 0.05) is 22.2 Å². The third-order valence-electron chi connectivity index (χ3n) is 4.52. The SMILES string of the molecule is Clc1cccc(Cl)c1CN1CCC(Cc2ccccc2)CC1. The number of hydrogen-bond donors (Lipinski definition) is 0. The molecule has 0 atom stereocenters. The second-order valence-corrected chi connectivity index (χ2v) is 6.92. The van der Waals surface area contributed by atoms with E-state index in [-0.39, 0.29) is 0 Å². The zero-order chi connectivity index (χ0) is 15.4. The molecule has 22 heavy (non-hydrogen) atoms. The zero-order valence-electron chi connectivity index (χ0n) is 12.6. The molecule has 3 heteroatoms. The molecule has 0 aliphatic carbocycles. The molecular formula is C19H21Cl2N. The molecule has 3 rings (SSSR count). The highest BCUT2D eigenvalue weighted by Crippen LogP contribution is 2.28. The molecule has 0 bridgehead atoms. The Kier molecular flexibility index (Phi) is 5.41. The summed E-state index contributed by atoms with van der Waals surface area (Å²) in [5, 5.41) is 1.55. The Balaban J connectivity index is 1.54. The highest BCUT2D eigenvalue weighted by atomic mass is 35.5. The molecule has 0 amide bonds. The van der Waals surface area contributed by atoms with Gasteiger partial charge in [-0.15, -0.1) is 0 Å². The molecule has 1 saturated heterocycles. The molecule has 0 saturated carbocycles. The minimum atomic E-state index is 0.777. The molecule has 1 aliphatic rings. The molecule has 1 heterocycles. The van der Waals surface area contributed by atoms with Crippen molar-refractivity contribution in [3.8, 4) is 0 Å². The standard InChI is InChI=1S/C19H21Cl2N/c20-18-7-4-8-19(21)17(18)14-22-11-9-16(10-12-22)13-15-5-2-1-3-6-15/h1-8,16H,9-14H2. The minimum Gasteiger partial charge on any atom is -0.299 e. The summed E-state index contributed by atoms with van der Waals surface area (Å²) in [6.45, 7) is 3.11. The highest BCUT2D eigenvalue weighted by molar-refractivity contribution is 6.35. The predicted octanol–water partition coefficient (Wildman–Crippen LogP) is 5.45. The van der Waals surface area contributed by atoms with Crippen molar-refractivity contribution in [1.29, 1.82) is 0 Å². The smallest absolute Gasteiger partial charge is 0.0465 e. The highest BCUT2D eigenvalue weighted by Gasteiger charge is 2.20. The molecule has 1 nitrogen and oxygen atoms in total. The van der Waals surface area contributed by atoms with E-state index < -0.39 is 0 Å². The minimum absolute atomic E-state index is 0.777. The van der Waals surface area contributed by atoms with Crippen LogP contribution in [0.2, 0.25) is 10.0 Å². The molecule has 0 unspecified atom stereocenters. The molecule has 0 N–H and O–H groups in total. The Morgan fingerprint density at radius 3 is 2.14 bits per heavy atom. The zero-order valence-corrected chi connectivity index (χ0v) is 14.2. The first-order valence-electron chi connectivity index (χ1n) is 7.91. The van der Waals surface area contributed by atoms with Crippen LogP contribution in [0.1, 0.15) is 24.0 Å². The second-order valence-electron chi connectivity index (χ2n) is 6.11. The van der Waals surface area contributed by atoms with Crippen molar-refractivity contribution >= 4 is 23.2 Å².